The summed E-state index contributed by atoms with van der Waals surface area (Å²) in [6.45, 7) is 8.13. The van der Waals surface area contributed by atoms with Crippen LogP contribution in [0.5, 0.6) is 0 Å². The van der Waals surface area contributed by atoms with E-state index in [-0.39, 0.29) is 29.7 Å². The maximum absolute atomic E-state index is 13.6. The number of hydrogen-bond donors (Lipinski definition) is 1. The smallest absolute Gasteiger partial charge is 0.333 e. The fourth-order valence-electron chi connectivity index (χ4n) is 4.91. The molecule has 2 aromatic carbocycles. The van der Waals surface area contributed by atoms with Crippen molar-refractivity contribution in [2.45, 2.75) is 53.8 Å². The van der Waals surface area contributed by atoms with Gasteiger partial charge in [-0.15, -0.1) is 10.2 Å². The van der Waals surface area contributed by atoms with E-state index in [1.54, 1.807) is 6.92 Å². The van der Waals surface area contributed by atoms with E-state index in [4.69, 9.17) is 9.72 Å². The minimum absolute atomic E-state index is 0.154. The van der Waals surface area contributed by atoms with Crippen LogP contribution in [0.2, 0.25) is 0 Å². The summed E-state index contributed by atoms with van der Waals surface area (Å²) in [6, 6.07) is 15.8. The van der Waals surface area contributed by atoms with E-state index in [2.05, 4.69) is 41.4 Å². The molecule has 0 spiro atoms. The number of imidazole rings is 1. The van der Waals surface area contributed by atoms with Gasteiger partial charge < -0.3 is 9.30 Å². The minimum atomic E-state index is -0.599. The normalized spacial score (nSPS) is 11.7. The molecule has 0 saturated carbocycles. The molecule has 0 fully saturated rings. The molecule has 0 aliphatic rings. The summed E-state index contributed by atoms with van der Waals surface area (Å²) in [4.78, 5) is 43.8. The minimum Gasteiger partial charge on any atom is -0.468 e. The van der Waals surface area contributed by atoms with E-state index >= 15 is 0 Å². The van der Waals surface area contributed by atoms with Crippen LogP contribution in [-0.2, 0) is 35.6 Å². The Hall–Kier alpha value is -4.87. The second-order valence-electron chi connectivity index (χ2n) is 11.0. The van der Waals surface area contributed by atoms with Gasteiger partial charge in [-0.25, -0.2) is 9.78 Å². The molecule has 5 rings (SSSR count). The van der Waals surface area contributed by atoms with Crippen molar-refractivity contribution >= 4 is 17.1 Å². The maximum atomic E-state index is 13.6. The molecule has 5 aromatic rings. The number of tetrazole rings is 1. The van der Waals surface area contributed by atoms with Crippen molar-refractivity contribution in [3.63, 3.8) is 0 Å². The molecular formula is C29H32N8O4. The molecule has 0 atom stereocenters. The first kappa shape index (κ1) is 27.7. The van der Waals surface area contributed by atoms with Gasteiger partial charge in [0, 0.05) is 25.1 Å². The van der Waals surface area contributed by atoms with Gasteiger partial charge in [0.2, 0.25) is 5.82 Å². The van der Waals surface area contributed by atoms with Crippen molar-refractivity contribution in [3.05, 3.63) is 80.8 Å². The van der Waals surface area contributed by atoms with Crippen molar-refractivity contribution in [3.8, 4) is 22.5 Å². The van der Waals surface area contributed by atoms with E-state index in [0.717, 1.165) is 26.8 Å². The summed E-state index contributed by atoms with van der Waals surface area (Å²) in [7, 11) is 1.26. The number of H-pyrrole nitrogens is 1. The number of esters is 1. The molecule has 3 heterocycles. The van der Waals surface area contributed by atoms with Gasteiger partial charge in [-0.05, 0) is 34.2 Å². The van der Waals surface area contributed by atoms with Crippen molar-refractivity contribution in [2.75, 3.05) is 7.11 Å². The van der Waals surface area contributed by atoms with E-state index in [1.807, 2.05) is 53.1 Å². The summed E-state index contributed by atoms with van der Waals surface area (Å²) in [5.41, 5.74) is 3.00. The lowest BCUT2D eigenvalue weighted by atomic mass is 9.92. The van der Waals surface area contributed by atoms with Crippen LogP contribution in [0.4, 0.5) is 0 Å². The van der Waals surface area contributed by atoms with Crippen molar-refractivity contribution in [1.82, 2.24) is 39.3 Å². The van der Waals surface area contributed by atoms with Gasteiger partial charge in [0.05, 0.1) is 7.11 Å². The van der Waals surface area contributed by atoms with Gasteiger partial charge in [-0.3, -0.25) is 18.7 Å². The van der Waals surface area contributed by atoms with Crippen molar-refractivity contribution in [2.24, 2.45) is 5.41 Å². The van der Waals surface area contributed by atoms with Crippen LogP contribution < -0.4 is 11.2 Å². The molecule has 0 radical (unpaired) electrons. The highest BCUT2D eigenvalue weighted by Crippen LogP contribution is 2.30. The highest BCUT2D eigenvalue weighted by atomic mass is 16.5. The lowest BCUT2D eigenvalue weighted by Crippen LogP contribution is -2.41. The third-order valence-corrected chi connectivity index (χ3v) is 6.83. The van der Waals surface area contributed by atoms with Crippen LogP contribution in [0, 0.1) is 5.41 Å². The standard InChI is InChI=1S/C29H32N8O4/c1-6-35-27(39)24-26(37(28(35)40)17-23(38)41-5)30-22(15-29(2,3)4)36(24)16-18-11-13-19(14-12-18)20-9-7-8-10-21(20)25-31-33-34-32-25/h7-14H,6,15-17H2,1-5H3,(H,31,32,33,34). The van der Waals surface area contributed by atoms with Crippen LogP contribution in [-0.4, -0.2) is 52.4 Å². The zero-order valence-corrected chi connectivity index (χ0v) is 23.7. The number of aromatic amines is 1. The molecule has 12 nitrogen and oxygen atoms in total. The average Bonchev–Trinajstić information content (AvgIpc) is 3.60. The topological polar surface area (TPSA) is 143 Å². The van der Waals surface area contributed by atoms with E-state index in [1.165, 1.54) is 11.7 Å². The summed E-state index contributed by atoms with van der Waals surface area (Å²) in [5, 5.41) is 14.4. The number of nitrogens with zero attached hydrogens (tertiary/aromatic N) is 7. The van der Waals surface area contributed by atoms with Gasteiger partial charge in [0.1, 0.15) is 12.4 Å². The number of ether oxygens (including phenoxy) is 1. The number of fused-ring (bicyclic) bond motifs is 1. The highest BCUT2D eigenvalue weighted by molar-refractivity contribution is 5.80. The number of nitrogens with one attached hydrogen (secondary N) is 1. The van der Waals surface area contributed by atoms with Gasteiger partial charge >= 0.3 is 11.7 Å². The number of aromatic nitrogens is 8. The molecule has 1 N–H and O–H groups in total. The molecule has 0 amide bonds. The number of benzene rings is 2. The van der Waals surface area contributed by atoms with Crippen LogP contribution >= 0.6 is 0 Å². The third kappa shape index (κ3) is 5.45. The van der Waals surface area contributed by atoms with E-state index < -0.39 is 17.2 Å². The number of methoxy groups -OCH3 is 1. The molecular weight excluding hydrogens is 524 g/mol. The molecule has 0 saturated heterocycles. The fourth-order valence-corrected chi connectivity index (χ4v) is 4.91. The summed E-state index contributed by atoms with van der Waals surface area (Å²) < 4.78 is 9.04. The Kier molecular flexibility index (Phi) is 7.40. The predicted octanol–water partition coefficient (Wildman–Crippen LogP) is 3.04. The molecule has 41 heavy (non-hydrogen) atoms. The fraction of sp³-hybridized carbons (Fsp3) is 0.345. The Morgan fingerprint density at radius 2 is 1.68 bits per heavy atom. The van der Waals surface area contributed by atoms with E-state index in [9.17, 15) is 14.4 Å². The monoisotopic (exact) mass is 556 g/mol. The number of hydrogen-bond acceptors (Lipinski definition) is 8. The summed E-state index contributed by atoms with van der Waals surface area (Å²) in [5.74, 6) is 0.563. The second kappa shape index (κ2) is 11.0. The van der Waals surface area contributed by atoms with Crippen molar-refractivity contribution < 1.29 is 9.53 Å². The lowest BCUT2D eigenvalue weighted by molar-refractivity contribution is -0.141. The van der Waals surface area contributed by atoms with Crippen LogP contribution in [0.3, 0.4) is 0 Å². The number of carbonyl (C=O) groups excluding carboxylic acids is 1. The lowest BCUT2D eigenvalue weighted by Gasteiger charge is -2.19. The van der Waals surface area contributed by atoms with Crippen LogP contribution in [0.15, 0.2) is 58.1 Å². The molecule has 0 aliphatic heterocycles. The molecule has 0 aliphatic carbocycles. The average molecular weight is 557 g/mol. The zero-order valence-electron chi connectivity index (χ0n) is 23.7. The Bertz CT molecular complexity index is 1820. The molecule has 0 bridgehead atoms. The van der Waals surface area contributed by atoms with Crippen LogP contribution in [0.1, 0.15) is 39.1 Å². The number of rotatable bonds is 8. The highest BCUT2D eigenvalue weighted by Gasteiger charge is 2.25. The number of carbonyl (C=O) groups is 1. The first-order valence-corrected chi connectivity index (χ1v) is 13.3. The summed E-state index contributed by atoms with van der Waals surface area (Å²) in [6.07, 6.45) is 0.551. The first-order chi connectivity index (χ1) is 19.6. The SMILES string of the molecule is CCn1c(=O)c2c(nc(CC(C)(C)C)n2Cc2ccc(-c3ccccc3-c3nn[nH]n3)cc2)n(CC(=O)OC)c1=O. The van der Waals surface area contributed by atoms with Gasteiger partial charge in [-0.1, -0.05) is 69.3 Å². The largest absolute Gasteiger partial charge is 0.468 e. The Morgan fingerprint density at radius 3 is 2.29 bits per heavy atom. The molecule has 212 valence electrons. The van der Waals surface area contributed by atoms with Crippen molar-refractivity contribution in [1.29, 1.82) is 0 Å². The van der Waals surface area contributed by atoms with Gasteiger partial charge in [0.25, 0.3) is 5.56 Å². The Labute approximate surface area is 235 Å². The third-order valence-electron chi connectivity index (χ3n) is 6.83. The summed E-state index contributed by atoms with van der Waals surface area (Å²) >= 11 is 0. The maximum Gasteiger partial charge on any atom is 0.333 e. The Morgan fingerprint density at radius 1 is 0.976 bits per heavy atom. The predicted molar refractivity (Wildman–Crippen MR) is 153 cm³/mol. The Balaban J connectivity index is 1.62. The molecule has 12 heteroatoms. The second-order valence-corrected chi connectivity index (χ2v) is 11.0. The molecule has 3 aromatic heterocycles. The van der Waals surface area contributed by atoms with E-state index in [0.29, 0.717) is 24.6 Å². The van der Waals surface area contributed by atoms with Crippen LogP contribution in [0.25, 0.3) is 33.7 Å². The first-order valence-electron chi connectivity index (χ1n) is 13.3. The zero-order chi connectivity index (χ0) is 29.3. The van der Waals surface area contributed by atoms with Gasteiger partial charge in [-0.2, -0.15) is 5.21 Å². The quantitative estimate of drug-likeness (QED) is 0.287. The van der Waals surface area contributed by atoms with Gasteiger partial charge in [0.15, 0.2) is 11.2 Å². The molecule has 0 unspecified atom stereocenters.